The van der Waals surface area contributed by atoms with Crippen LogP contribution in [0.3, 0.4) is 0 Å². The van der Waals surface area contributed by atoms with Crippen molar-refractivity contribution in [3.63, 3.8) is 0 Å². The topological polar surface area (TPSA) is 85.6 Å². The zero-order valence-electron chi connectivity index (χ0n) is 14.8. The van der Waals surface area contributed by atoms with Crippen LogP contribution < -0.4 is 10.6 Å². The minimum absolute atomic E-state index is 0.487. The highest BCUT2D eigenvalue weighted by Gasteiger charge is 2.08. The first-order valence-corrected chi connectivity index (χ1v) is 9.06. The third-order valence-electron chi connectivity index (χ3n) is 4.15. The zero-order chi connectivity index (χ0) is 17.6. The summed E-state index contributed by atoms with van der Waals surface area (Å²) in [4.78, 5) is 10.2. The number of unbranched alkanes of at least 4 members (excludes halogenated alkanes) is 4. The van der Waals surface area contributed by atoms with E-state index in [2.05, 4.69) is 25.5 Å². The van der Waals surface area contributed by atoms with Gasteiger partial charge >= 0.3 is 0 Å². The van der Waals surface area contributed by atoms with Crippen molar-refractivity contribution < 1.29 is 4.74 Å². The maximum Gasteiger partial charge on any atom is 0.211 e. The fourth-order valence-electron chi connectivity index (χ4n) is 2.76. The molecule has 25 heavy (non-hydrogen) atoms. The molecule has 1 aromatic heterocycles. The van der Waals surface area contributed by atoms with Crippen LogP contribution in [0.2, 0.25) is 0 Å². The number of pyridine rings is 1. The Morgan fingerprint density at radius 1 is 1.16 bits per heavy atom. The number of nitrogens with one attached hydrogen (secondary N) is 2. The van der Waals surface area contributed by atoms with E-state index in [-0.39, 0.29) is 0 Å². The summed E-state index contributed by atoms with van der Waals surface area (Å²) in [7, 11) is 0. The number of aliphatic imine (C=N–C) groups is 1. The Morgan fingerprint density at radius 2 is 1.88 bits per heavy atom. The number of guanidine groups is 1. The SMILES string of the molecule is N#C/N=C(\NCCCCCCCN1CCOCC1)Nc1ccncc1. The first-order valence-electron chi connectivity index (χ1n) is 9.06. The molecule has 7 nitrogen and oxygen atoms in total. The molecule has 2 rings (SSSR count). The molecule has 0 saturated carbocycles. The third kappa shape index (κ3) is 8.47. The minimum Gasteiger partial charge on any atom is -0.379 e. The van der Waals surface area contributed by atoms with Crippen molar-refractivity contribution in [1.29, 1.82) is 5.26 Å². The molecular formula is C18H28N6O. The largest absolute Gasteiger partial charge is 0.379 e. The summed E-state index contributed by atoms with van der Waals surface area (Å²) in [6, 6.07) is 3.67. The lowest BCUT2D eigenvalue weighted by molar-refractivity contribution is 0.0371. The van der Waals surface area contributed by atoms with Gasteiger partial charge in [0.25, 0.3) is 0 Å². The van der Waals surface area contributed by atoms with Crippen molar-refractivity contribution >= 4 is 11.6 Å². The molecule has 0 aliphatic carbocycles. The Bertz CT molecular complexity index is 536. The van der Waals surface area contributed by atoms with E-state index < -0.39 is 0 Å². The summed E-state index contributed by atoms with van der Waals surface area (Å²) in [5, 5.41) is 15.1. The Hall–Kier alpha value is -2.17. The van der Waals surface area contributed by atoms with Crippen molar-refractivity contribution in [3.8, 4) is 6.19 Å². The minimum atomic E-state index is 0.487. The van der Waals surface area contributed by atoms with Crippen molar-refractivity contribution in [2.75, 3.05) is 44.7 Å². The molecule has 1 fully saturated rings. The van der Waals surface area contributed by atoms with Gasteiger partial charge in [-0.25, -0.2) is 0 Å². The summed E-state index contributed by atoms with van der Waals surface area (Å²) in [5.41, 5.74) is 0.861. The second-order valence-electron chi connectivity index (χ2n) is 6.07. The van der Waals surface area contributed by atoms with Gasteiger partial charge in [0.2, 0.25) is 12.2 Å². The highest BCUT2D eigenvalue weighted by atomic mass is 16.5. The number of ether oxygens (including phenoxy) is 1. The van der Waals surface area contributed by atoms with E-state index in [1.807, 2.05) is 18.3 Å². The molecule has 1 aromatic rings. The maximum atomic E-state index is 8.78. The Labute approximate surface area is 150 Å². The number of anilines is 1. The van der Waals surface area contributed by atoms with E-state index >= 15 is 0 Å². The summed E-state index contributed by atoms with van der Waals surface area (Å²) in [6.45, 7) is 5.92. The van der Waals surface area contributed by atoms with Crippen molar-refractivity contribution in [3.05, 3.63) is 24.5 Å². The molecule has 7 heteroatoms. The van der Waals surface area contributed by atoms with E-state index in [1.165, 1.54) is 32.2 Å². The molecule has 0 bridgehead atoms. The lowest BCUT2D eigenvalue weighted by Crippen LogP contribution is -2.36. The monoisotopic (exact) mass is 344 g/mol. The summed E-state index contributed by atoms with van der Waals surface area (Å²) >= 11 is 0. The summed E-state index contributed by atoms with van der Waals surface area (Å²) in [5.74, 6) is 0.487. The molecule has 136 valence electrons. The highest BCUT2D eigenvalue weighted by molar-refractivity contribution is 5.94. The van der Waals surface area contributed by atoms with Crippen molar-refractivity contribution in [2.45, 2.75) is 32.1 Å². The molecule has 2 heterocycles. The molecule has 2 N–H and O–H groups in total. The van der Waals surface area contributed by atoms with Gasteiger partial charge in [0.05, 0.1) is 13.2 Å². The summed E-state index contributed by atoms with van der Waals surface area (Å²) in [6.07, 6.45) is 11.2. The van der Waals surface area contributed by atoms with E-state index in [1.54, 1.807) is 12.4 Å². The molecule has 0 atom stereocenters. The molecule has 0 aromatic carbocycles. The van der Waals surface area contributed by atoms with Crippen LogP contribution in [0.15, 0.2) is 29.5 Å². The number of aromatic nitrogens is 1. The van der Waals surface area contributed by atoms with Crippen LogP contribution in [0, 0.1) is 11.5 Å². The number of nitriles is 1. The predicted octanol–water partition coefficient (Wildman–Crippen LogP) is 2.20. The van der Waals surface area contributed by atoms with Crippen molar-refractivity contribution in [1.82, 2.24) is 15.2 Å². The van der Waals surface area contributed by atoms with Crippen LogP contribution >= 0.6 is 0 Å². The smallest absolute Gasteiger partial charge is 0.211 e. The van der Waals surface area contributed by atoms with Crippen LogP contribution in [0.5, 0.6) is 0 Å². The molecule has 1 aliphatic rings. The van der Waals surface area contributed by atoms with E-state index in [9.17, 15) is 0 Å². The fourth-order valence-corrected chi connectivity index (χ4v) is 2.76. The first kappa shape index (κ1) is 19.2. The zero-order valence-corrected chi connectivity index (χ0v) is 14.8. The molecular weight excluding hydrogens is 316 g/mol. The number of rotatable bonds is 9. The molecule has 1 saturated heterocycles. The van der Waals surface area contributed by atoms with Crippen LogP contribution in [0.25, 0.3) is 0 Å². The van der Waals surface area contributed by atoms with E-state index in [0.717, 1.165) is 45.0 Å². The van der Waals surface area contributed by atoms with E-state index in [0.29, 0.717) is 5.96 Å². The van der Waals surface area contributed by atoms with Crippen LogP contribution in [-0.2, 0) is 4.74 Å². The Morgan fingerprint density at radius 3 is 2.64 bits per heavy atom. The average molecular weight is 344 g/mol. The maximum absolute atomic E-state index is 8.78. The normalized spacial score (nSPS) is 15.6. The molecule has 0 spiro atoms. The van der Waals surface area contributed by atoms with Gasteiger partial charge in [-0.1, -0.05) is 19.3 Å². The third-order valence-corrected chi connectivity index (χ3v) is 4.15. The van der Waals surface area contributed by atoms with Gasteiger partial charge in [0.15, 0.2) is 0 Å². The van der Waals surface area contributed by atoms with Crippen LogP contribution in [-0.4, -0.2) is 55.2 Å². The van der Waals surface area contributed by atoms with Gasteiger partial charge in [0, 0.05) is 37.7 Å². The number of hydrogen-bond donors (Lipinski definition) is 2. The quantitative estimate of drug-likeness (QED) is 0.309. The lowest BCUT2D eigenvalue weighted by Gasteiger charge is -2.26. The van der Waals surface area contributed by atoms with E-state index in [4.69, 9.17) is 10.00 Å². The van der Waals surface area contributed by atoms with Crippen LogP contribution in [0.1, 0.15) is 32.1 Å². The standard InChI is InChI=1S/C18H28N6O/c19-16-22-18(23-17-6-9-20-10-7-17)21-8-4-2-1-3-5-11-24-12-14-25-15-13-24/h6-7,9-10H,1-5,8,11-15H2,(H2,20,21,22,23). The van der Waals surface area contributed by atoms with Gasteiger partial charge in [-0.05, 0) is 31.5 Å². The van der Waals surface area contributed by atoms with Crippen LogP contribution in [0.4, 0.5) is 5.69 Å². The number of morpholine rings is 1. The average Bonchev–Trinajstić information content (AvgIpc) is 2.65. The second-order valence-corrected chi connectivity index (χ2v) is 6.07. The lowest BCUT2D eigenvalue weighted by atomic mass is 10.1. The van der Waals surface area contributed by atoms with Gasteiger partial charge < -0.3 is 15.4 Å². The van der Waals surface area contributed by atoms with Gasteiger partial charge in [-0.3, -0.25) is 9.88 Å². The Kier molecular flexibility index (Phi) is 9.37. The highest BCUT2D eigenvalue weighted by Crippen LogP contribution is 2.06. The van der Waals surface area contributed by atoms with Crippen molar-refractivity contribution in [2.24, 2.45) is 4.99 Å². The summed E-state index contributed by atoms with van der Waals surface area (Å²) < 4.78 is 5.36. The number of hydrogen-bond acceptors (Lipinski definition) is 5. The number of nitrogens with zero attached hydrogens (tertiary/aromatic N) is 4. The first-order chi connectivity index (χ1) is 12.4. The predicted molar refractivity (Wildman–Crippen MR) is 99.3 cm³/mol. The van der Waals surface area contributed by atoms with Gasteiger partial charge in [-0.15, -0.1) is 4.99 Å². The molecule has 1 aliphatic heterocycles. The molecule has 0 radical (unpaired) electrons. The van der Waals surface area contributed by atoms with Gasteiger partial charge in [0.1, 0.15) is 0 Å². The second kappa shape index (κ2) is 12.2. The molecule has 0 unspecified atom stereocenters. The van der Waals surface area contributed by atoms with Gasteiger partial charge in [-0.2, -0.15) is 5.26 Å². The Balaban J connectivity index is 1.50. The molecule has 0 amide bonds. The fraction of sp³-hybridized carbons (Fsp3) is 0.611.